The third kappa shape index (κ3) is 3.70. The molecule has 2 aromatic carbocycles. The van der Waals surface area contributed by atoms with Crippen molar-refractivity contribution < 1.29 is 8.42 Å². The van der Waals surface area contributed by atoms with Crippen molar-refractivity contribution in [2.45, 2.75) is 43.5 Å². The summed E-state index contributed by atoms with van der Waals surface area (Å²) in [6, 6.07) is 15.1. The van der Waals surface area contributed by atoms with Gasteiger partial charge in [0.05, 0.1) is 10.4 Å². The van der Waals surface area contributed by atoms with E-state index in [2.05, 4.69) is 15.8 Å². The molecule has 1 saturated carbocycles. The zero-order valence-electron chi connectivity index (χ0n) is 16.4. The molecule has 0 radical (unpaired) electrons. The largest absolute Gasteiger partial charge is 0.264 e. The third-order valence-corrected chi connectivity index (χ3v) is 7.88. The van der Waals surface area contributed by atoms with E-state index in [-0.39, 0.29) is 4.90 Å². The topological polar surface area (TPSA) is 59.1 Å². The average molecular weight is 427 g/mol. The van der Waals surface area contributed by atoms with Crippen LogP contribution in [0.2, 0.25) is 5.02 Å². The first-order valence-electron chi connectivity index (χ1n) is 9.63. The number of aromatic nitrogens is 1. The predicted molar refractivity (Wildman–Crippen MR) is 116 cm³/mol. The number of nitrogens with one attached hydrogen (secondary N) is 1. The minimum absolute atomic E-state index is 0.234. The second-order valence-corrected chi connectivity index (χ2v) is 9.73. The Kier molecular flexibility index (Phi) is 5.23. The van der Waals surface area contributed by atoms with Crippen LogP contribution in [0, 0.1) is 13.8 Å². The van der Waals surface area contributed by atoms with Crippen LogP contribution in [-0.2, 0) is 15.6 Å². The summed E-state index contributed by atoms with van der Waals surface area (Å²) < 4.78 is 29.4. The van der Waals surface area contributed by atoms with E-state index in [9.17, 15) is 8.42 Å². The zero-order valence-corrected chi connectivity index (χ0v) is 18.0. The summed E-state index contributed by atoms with van der Waals surface area (Å²) in [7, 11) is -3.71. The van der Waals surface area contributed by atoms with Gasteiger partial charge < -0.3 is 0 Å². The summed E-state index contributed by atoms with van der Waals surface area (Å²) in [5, 5.41) is 0.450. The zero-order chi connectivity index (χ0) is 20.6. The van der Waals surface area contributed by atoms with Crippen LogP contribution in [-0.4, -0.2) is 13.4 Å². The number of aryl methyl sites for hydroxylation is 1. The average Bonchev–Trinajstić information content (AvgIpc) is 2.67. The first kappa shape index (κ1) is 20.1. The molecule has 4 nitrogen and oxygen atoms in total. The van der Waals surface area contributed by atoms with E-state index in [1.807, 2.05) is 37.4 Å². The summed E-state index contributed by atoms with van der Waals surface area (Å²) in [4.78, 5) is 4.40. The molecule has 150 valence electrons. The SMILES string of the molecule is Cc1cnccc1-c1cccc(C2(NS(=O)(=O)c3cccc(Cl)c3C)CCC2)c1. The van der Waals surface area contributed by atoms with Gasteiger partial charge in [-0.3, -0.25) is 4.98 Å². The summed E-state index contributed by atoms with van der Waals surface area (Å²) in [6.45, 7) is 3.76. The Balaban J connectivity index is 1.73. The van der Waals surface area contributed by atoms with E-state index >= 15 is 0 Å². The lowest BCUT2D eigenvalue weighted by molar-refractivity contribution is 0.224. The molecule has 6 heteroatoms. The van der Waals surface area contributed by atoms with Crippen molar-refractivity contribution in [1.82, 2.24) is 9.71 Å². The Morgan fingerprint density at radius 1 is 1.07 bits per heavy atom. The number of nitrogens with zero attached hydrogens (tertiary/aromatic N) is 1. The van der Waals surface area contributed by atoms with Gasteiger partial charge in [-0.25, -0.2) is 13.1 Å². The molecule has 0 atom stereocenters. The molecule has 3 aromatic rings. The predicted octanol–water partition coefficient (Wildman–Crippen LogP) is 5.38. The highest BCUT2D eigenvalue weighted by atomic mass is 35.5. The number of pyridine rings is 1. The smallest absolute Gasteiger partial charge is 0.241 e. The standard InChI is InChI=1S/C23H23ClN2O2S/c1-16-15-25-13-10-20(16)18-6-3-7-19(14-18)23(11-5-12-23)26-29(27,28)22-9-4-8-21(24)17(22)2/h3-4,6-10,13-15,26H,5,11-12H2,1-2H3. The summed E-state index contributed by atoms with van der Waals surface area (Å²) >= 11 is 6.16. The van der Waals surface area contributed by atoms with E-state index in [0.717, 1.165) is 41.5 Å². The van der Waals surface area contributed by atoms with Crippen LogP contribution in [0.1, 0.15) is 36.0 Å². The summed E-state index contributed by atoms with van der Waals surface area (Å²) in [5.41, 5.74) is 4.21. The number of hydrogen-bond donors (Lipinski definition) is 1. The fourth-order valence-corrected chi connectivity index (χ4v) is 5.90. The molecule has 4 rings (SSSR count). The van der Waals surface area contributed by atoms with Crippen LogP contribution in [0.5, 0.6) is 0 Å². The van der Waals surface area contributed by atoms with Crippen molar-refractivity contribution in [2.24, 2.45) is 0 Å². The van der Waals surface area contributed by atoms with Crippen LogP contribution in [0.25, 0.3) is 11.1 Å². The lowest BCUT2D eigenvalue weighted by atomic mass is 9.72. The highest BCUT2D eigenvalue weighted by molar-refractivity contribution is 7.89. The van der Waals surface area contributed by atoms with Crippen molar-refractivity contribution >= 4 is 21.6 Å². The van der Waals surface area contributed by atoms with Crippen LogP contribution >= 0.6 is 11.6 Å². The van der Waals surface area contributed by atoms with Crippen LogP contribution in [0.15, 0.2) is 65.8 Å². The van der Waals surface area contributed by atoms with Crippen LogP contribution < -0.4 is 4.72 Å². The molecule has 0 aliphatic heterocycles. The fourth-order valence-electron chi connectivity index (χ4n) is 3.95. The molecular formula is C23H23ClN2O2S. The number of halogens is 1. The van der Waals surface area contributed by atoms with Crippen molar-refractivity contribution in [3.63, 3.8) is 0 Å². The molecule has 0 spiro atoms. The second-order valence-electron chi connectivity index (χ2n) is 7.68. The highest BCUT2D eigenvalue weighted by Crippen LogP contribution is 2.43. The molecular weight excluding hydrogens is 404 g/mol. The maximum atomic E-state index is 13.2. The van der Waals surface area contributed by atoms with Gasteiger partial charge in [0.2, 0.25) is 10.0 Å². The minimum atomic E-state index is -3.71. The van der Waals surface area contributed by atoms with Gasteiger partial charge in [0.25, 0.3) is 0 Å². The molecule has 1 fully saturated rings. The minimum Gasteiger partial charge on any atom is -0.264 e. The Morgan fingerprint density at radius 2 is 1.83 bits per heavy atom. The molecule has 0 unspecified atom stereocenters. The normalized spacial score (nSPS) is 15.7. The van der Waals surface area contributed by atoms with E-state index in [1.165, 1.54) is 0 Å². The Bertz CT molecular complexity index is 1170. The maximum absolute atomic E-state index is 13.2. The van der Waals surface area contributed by atoms with Gasteiger partial charge in [0.1, 0.15) is 0 Å². The first-order valence-corrected chi connectivity index (χ1v) is 11.5. The third-order valence-electron chi connectivity index (χ3n) is 5.79. The fraction of sp³-hybridized carbons (Fsp3) is 0.261. The van der Waals surface area contributed by atoms with E-state index in [0.29, 0.717) is 10.6 Å². The molecule has 1 aliphatic rings. The number of sulfonamides is 1. The van der Waals surface area contributed by atoms with E-state index < -0.39 is 15.6 Å². The van der Waals surface area contributed by atoms with Crippen molar-refractivity contribution in [2.75, 3.05) is 0 Å². The summed E-state index contributed by atoms with van der Waals surface area (Å²) in [6.07, 6.45) is 6.13. The van der Waals surface area contributed by atoms with Gasteiger partial charge >= 0.3 is 0 Å². The highest BCUT2D eigenvalue weighted by Gasteiger charge is 2.42. The molecule has 1 heterocycles. The van der Waals surface area contributed by atoms with Crippen molar-refractivity contribution in [3.05, 3.63) is 82.6 Å². The second kappa shape index (κ2) is 7.56. The lowest BCUT2D eigenvalue weighted by Gasteiger charge is -2.43. The number of benzene rings is 2. The Hall–Kier alpha value is -2.21. The van der Waals surface area contributed by atoms with Gasteiger partial charge in [0.15, 0.2) is 0 Å². The van der Waals surface area contributed by atoms with Crippen LogP contribution in [0.4, 0.5) is 0 Å². The van der Waals surface area contributed by atoms with Gasteiger partial charge in [-0.2, -0.15) is 0 Å². The molecule has 1 aromatic heterocycles. The maximum Gasteiger partial charge on any atom is 0.241 e. The molecule has 1 N–H and O–H groups in total. The lowest BCUT2D eigenvalue weighted by Crippen LogP contribution is -2.50. The first-order chi connectivity index (χ1) is 13.8. The number of rotatable bonds is 5. The molecule has 1 aliphatic carbocycles. The van der Waals surface area contributed by atoms with E-state index in [1.54, 1.807) is 31.3 Å². The summed E-state index contributed by atoms with van der Waals surface area (Å²) in [5.74, 6) is 0. The number of hydrogen-bond acceptors (Lipinski definition) is 3. The van der Waals surface area contributed by atoms with Gasteiger partial charge in [0, 0.05) is 17.4 Å². The van der Waals surface area contributed by atoms with Crippen molar-refractivity contribution in [3.8, 4) is 11.1 Å². The Morgan fingerprint density at radius 3 is 2.52 bits per heavy atom. The Labute approximate surface area is 177 Å². The van der Waals surface area contributed by atoms with Gasteiger partial charge in [-0.15, -0.1) is 0 Å². The quantitative estimate of drug-likeness (QED) is 0.596. The van der Waals surface area contributed by atoms with Gasteiger partial charge in [-0.05, 0) is 85.2 Å². The van der Waals surface area contributed by atoms with Crippen molar-refractivity contribution in [1.29, 1.82) is 0 Å². The molecule has 0 bridgehead atoms. The molecule has 0 saturated heterocycles. The van der Waals surface area contributed by atoms with E-state index in [4.69, 9.17) is 11.6 Å². The van der Waals surface area contributed by atoms with Gasteiger partial charge in [-0.1, -0.05) is 35.9 Å². The molecule has 0 amide bonds. The monoisotopic (exact) mass is 426 g/mol. The molecule has 29 heavy (non-hydrogen) atoms. The van der Waals surface area contributed by atoms with Crippen LogP contribution in [0.3, 0.4) is 0 Å².